The van der Waals surface area contributed by atoms with Gasteiger partial charge in [-0.05, 0) is 54.1 Å². The normalized spacial score (nSPS) is 14.3. The number of para-hydroxylation sites is 1. The van der Waals surface area contributed by atoms with E-state index in [1.54, 1.807) is 28.9 Å². The van der Waals surface area contributed by atoms with E-state index >= 15 is 0 Å². The Morgan fingerprint density at radius 3 is 2.06 bits per heavy atom. The van der Waals surface area contributed by atoms with Crippen LogP contribution >= 0.6 is 0 Å². The summed E-state index contributed by atoms with van der Waals surface area (Å²) in [6, 6.07) is 15.8. The van der Waals surface area contributed by atoms with Gasteiger partial charge in [0.1, 0.15) is 12.4 Å². The number of hydrogen-bond donors (Lipinski definition) is 1. The van der Waals surface area contributed by atoms with Crippen LogP contribution in [0.3, 0.4) is 0 Å². The molecule has 0 saturated carbocycles. The Bertz CT molecular complexity index is 1250. The Morgan fingerprint density at radius 1 is 0.818 bits per heavy atom. The number of hydrogen-bond acceptors (Lipinski definition) is 3. The summed E-state index contributed by atoms with van der Waals surface area (Å²) in [5.41, 5.74) is -3.63. The molecule has 0 aliphatic carbocycles. The molecule has 0 amide bonds. The van der Waals surface area contributed by atoms with E-state index in [-0.39, 0.29) is 5.75 Å². The van der Waals surface area contributed by atoms with Crippen LogP contribution in [0.5, 0.6) is 5.75 Å². The van der Waals surface area contributed by atoms with Crippen LogP contribution in [0, 0.1) is 0 Å². The van der Waals surface area contributed by atoms with E-state index in [2.05, 4.69) is 5.10 Å². The van der Waals surface area contributed by atoms with Crippen LogP contribution in [-0.2, 0) is 11.8 Å². The van der Waals surface area contributed by atoms with Crippen LogP contribution in [0.4, 0.5) is 26.3 Å². The van der Waals surface area contributed by atoms with E-state index in [0.717, 1.165) is 24.3 Å². The van der Waals surface area contributed by atoms with Gasteiger partial charge in [0.15, 0.2) is 0 Å². The third-order valence-corrected chi connectivity index (χ3v) is 5.14. The van der Waals surface area contributed by atoms with Crippen molar-refractivity contribution in [3.05, 3.63) is 90.1 Å². The standard InChI is InChI=1S/C23H16F6N2O2/c24-22(25,26)16-6-9-19(10-7-16)33-14-21(32,23(27,28)29)17-8-11-20-15(12-17)13-30-31(20)18-4-2-1-3-5-18/h1-13,32H,14H2. The summed E-state index contributed by atoms with van der Waals surface area (Å²) in [6.07, 6.45) is -8.34. The molecule has 0 spiro atoms. The molecule has 4 rings (SSSR count). The second-order valence-corrected chi connectivity index (χ2v) is 7.33. The molecular formula is C23H16F6N2O2. The smallest absolute Gasteiger partial charge is 0.424 e. The topological polar surface area (TPSA) is 47.3 Å². The average molecular weight is 466 g/mol. The van der Waals surface area contributed by atoms with Crippen molar-refractivity contribution in [2.75, 3.05) is 6.61 Å². The fourth-order valence-electron chi connectivity index (χ4n) is 3.32. The average Bonchev–Trinajstić information content (AvgIpc) is 3.20. The van der Waals surface area contributed by atoms with Gasteiger partial charge in [-0.1, -0.05) is 24.3 Å². The molecule has 1 N–H and O–H groups in total. The number of alkyl halides is 6. The van der Waals surface area contributed by atoms with Crippen LogP contribution in [0.2, 0.25) is 0 Å². The van der Waals surface area contributed by atoms with Gasteiger partial charge in [-0.3, -0.25) is 0 Å². The summed E-state index contributed by atoms with van der Waals surface area (Å²) in [5, 5.41) is 15.1. The number of fused-ring (bicyclic) bond motifs is 1. The fraction of sp³-hybridized carbons (Fsp3) is 0.174. The van der Waals surface area contributed by atoms with Crippen LogP contribution in [0.25, 0.3) is 16.6 Å². The monoisotopic (exact) mass is 466 g/mol. The third kappa shape index (κ3) is 4.38. The van der Waals surface area contributed by atoms with Crippen LogP contribution in [0.1, 0.15) is 11.1 Å². The highest BCUT2D eigenvalue weighted by atomic mass is 19.4. The van der Waals surface area contributed by atoms with Gasteiger partial charge in [0, 0.05) is 5.39 Å². The summed E-state index contributed by atoms with van der Waals surface area (Å²) in [7, 11) is 0. The molecule has 0 aliphatic heterocycles. The fourth-order valence-corrected chi connectivity index (χ4v) is 3.32. The molecule has 0 saturated heterocycles. The summed E-state index contributed by atoms with van der Waals surface area (Å²) in [6.45, 7) is -1.25. The lowest BCUT2D eigenvalue weighted by Gasteiger charge is -2.31. The highest BCUT2D eigenvalue weighted by Gasteiger charge is 2.56. The Morgan fingerprint density at radius 2 is 1.45 bits per heavy atom. The molecule has 1 atom stereocenters. The lowest BCUT2D eigenvalue weighted by Crippen LogP contribution is -2.47. The molecule has 3 aromatic carbocycles. The zero-order valence-corrected chi connectivity index (χ0v) is 16.7. The molecule has 33 heavy (non-hydrogen) atoms. The van der Waals surface area contributed by atoms with E-state index in [0.29, 0.717) is 28.7 Å². The van der Waals surface area contributed by atoms with E-state index in [4.69, 9.17) is 4.74 Å². The Labute approximate surface area is 183 Å². The minimum absolute atomic E-state index is 0.247. The third-order valence-electron chi connectivity index (χ3n) is 5.14. The largest absolute Gasteiger partial charge is 0.490 e. The summed E-state index contributed by atoms with van der Waals surface area (Å²) in [5.74, 6) is -0.247. The highest BCUT2D eigenvalue weighted by molar-refractivity contribution is 5.81. The van der Waals surface area contributed by atoms with Crippen molar-refractivity contribution in [2.45, 2.75) is 18.0 Å². The van der Waals surface area contributed by atoms with Gasteiger partial charge in [0.05, 0.1) is 23.0 Å². The van der Waals surface area contributed by atoms with Gasteiger partial charge in [0.25, 0.3) is 0 Å². The lowest BCUT2D eigenvalue weighted by atomic mass is 9.93. The van der Waals surface area contributed by atoms with Crippen LogP contribution in [0.15, 0.2) is 79.0 Å². The van der Waals surface area contributed by atoms with Crippen molar-refractivity contribution in [3.8, 4) is 11.4 Å². The molecule has 0 aliphatic rings. The van der Waals surface area contributed by atoms with E-state index in [1.165, 1.54) is 12.3 Å². The Kier molecular flexibility index (Phi) is 5.57. The number of halogens is 6. The van der Waals surface area contributed by atoms with Crippen molar-refractivity contribution < 1.29 is 36.2 Å². The van der Waals surface area contributed by atoms with Crippen molar-refractivity contribution in [3.63, 3.8) is 0 Å². The predicted molar refractivity (Wildman–Crippen MR) is 108 cm³/mol. The van der Waals surface area contributed by atoms with Crippen molar-refractivity contribution in [2.24, 2.45) is 0 Å². The summed E-state index contributed by atoms with van der Waals surface area (Å²) in [4.78, 5) is 0. The SMILES string of the molecule is OC(COc1ccc(C(F)(F)F)cc1)(c1ccc2c(cnn2-c2ccccc2)c1)C(F)(F)F. The molecule has 1 heterocycles. The maximum Gasteiger partial charge on any atom is 0.424 e. The molecule has 10 heteroatoms. The second-order valence-electron chi connectivity index (χ2n) is 7.33. The Balaban J connectivity index is 1.64. The number of benzene rings is 3. The number of aromatic nitrogens is 2. The van der Waals surface area contributed by atoms with Crippen molar-refractivity contribution in [1.82, 2.24) is 9.78 Å². The highest BCUT2D eigenvalue weighted by Crippen LogP contribution is 2.40. The molecule has 1 aromatic heterocycles. The second kappa shape index (κ2) is 8.11. The zero-order chi connectivity index (χ0) is 23.9. The van der Waals surface area contributed by atoms with Gasteiger partial charge >= 0.3 is 12.4 Å². The van der Waals surface area contributed by atoms with Gasteiger partial charge in [-0.15, -0.1) is 0 Å². The van der Waals surface area contributed by atoms with Gasteiger partial charge in [-0.2, -0.15) is 31.4 Å². The first kappa shape index (κ1) is 22.7. The number of aliphatic hydroxyl groups is 1. The van der Waals surface area contributed by atoms with Gasteiger partial charge in [0.2, 0.25) is 5.60 Å². The van der Waals surface area contributed by atoms with E-state index < -0.39 is 35.7 Å². The maximum absolute atomic E-state index is 13.9. The number of ether oxygens (including phenoxy) is 1. The minimum atomic E-state index is -5.12. The quantitative estimate of drug-likeness (QED) is 0.374. The predicted octanol–water partition coefficient (Wildman–Crippen LogP) is 5.87. The molecule has 4 nitrogen and oxygen atoms in total. The summed E-state index contributed by atoms with van der Waals surface area (Å²) >= 11 is 0. The zero-order valence-electron chi connectivity index (χ0n) is 16.7. The molecule has 172 valence electrons. The maximum atomic E-state index is 13.9. The number of nitrogens with zero attached hydrogens (tertiary/aromatic N) is 2. The Hall–Kier alpha value is -3.53. The van der Waals surface area contributed by atoms with E-state index in [1.807, 2.05) is 6.07 Å². The molecular weight excluding hydrogens is 450 g/mol. The molecule has 0 bridgehead atoms. The van der Waals surface area contributed by atoms with E-state index in [9.17, 15) is 31.4 Å². The van der Waals surface area contributed by atoms with Crippen molar-refractivity contribution in [1.29, 1.82) is 0 Å². The molecule has 4 aromatic rings. The lowest BCUT2D eigenvalue weighted by molar-refractivity contribution is -0.275. The molecule has 0 fully saturated rings. The van der Waals surface area contributed by atoms with Crippen LogP contribution in [-0.4, -0.2) is 27.7 Å². The number of rotatable bonds is 5. The van der Waals surface area contributed by atoms with Crippen LogP contribution < -0.4 is 4.74 Å². The first-order valence-corrected chi connectivity index (χ1v) is 9.62. The summed E-state index contributed by atoms with van der Waals surface area (Å²) < 4.78 is 86.3. The minimum Gasteiger partial charge on any atom is -0.490 e. The molecule has 0 radical (unpaired) electrons. The molecule has 1 unspecified atom stereocenters. The van der Waals surface area contributed by atoms with Gasteiger partial charge < -0.3 is 9.84 Å². The first-order valence-electron chi connectivity index (χ1n) is 9.62. The first-order chi connectivity index (χ1) is 15.5. The van der Waals surface area contributed by atoms with Gasteiger partial charge in [-0.25, -0.2) is 4.68 Å². The van der Waals surface area contributed by atoms with Crippen molar-refractivity contribution >= 4 is 10.9 Å².